The molecule has 1 N–H and O–H groups in total. The zero-order valence-corrected chi connectivity index (χ0v) is 12.1. The Balaban J connectivity index is 2.20. The number of carboxylic acids is 1. The fourth-order valence-corrected chi connectivity index (χ4v) is 2.48. The fourth-order valence-electron chi connectivity index (χ4n) is 2.48. The first-order valence-electron chi connectivity index (χ1n) is 6.72. The van der Waals surface area contributed by atoms with E-state index in [0.29, 0.717) is 0 Å². The molecule has 0 fully saturated rings. The maximum Gasteiger partial charge on any atom is 0.332 e. The van der Waals surface area contributed by atoms with Crippen molar-refractivity contribution < 1.29 is 28.2 Å². The summed E-state index contributed by atoms with van der Waals surface area (Å²) < 4.78 is 24.4. The summed E-state index contributed by atoms with van der Waals surface area (Å²) in [6, 6.07) is 3.73. The highest BCUT2D eigenvalue weighted by atomic mass is 19.1. The summed E-state index contributed by atoms with van der Waals surface area (Å²) >= 11 is 0. The van der Waals surface area contributed by atoms with Gasteiger partial charge in [-0.2, -0.15) is 0 Å². The van der Waals surface area contributed by atoms with Gasteiger partial charge in [0.05, 0.1) is 11.9 Å². The van der Waals surface area contributed by atoms with Crippen LogP contribution < -0.4 is 4.74 Å². The molecule has 7 heteroatoms. The number of carboxylic acid groups (broad SMARTS) is 1. The molecule has 2 aromatic rings. The molecule has 0 saturated heterocycles. The van der Waals surface area contributed by atoms with E-state index in [1.54, 1.807) is 0 Å². The van der Waals surface area contributed by atoms with Crippen LogP contribution in [0.5, 0.6) is 5.75 Å². The summed E-state index contributed by atoms with van der Waals surface area (Å²) in [6.45, 7) is 0.767. The van der Waals surface area contributed by atoms with Crippen LogP contribution in [-0.2, 0) is 4.79 Å². The monoisotopic (exact) mass is 317 g/mol. The van der Waals surface area contributed by atoms with Crippen LogP contribution in [0.3, 0.4) is 0 Å². The first kappa shape index (κ1) is 14.9. The van der Waals surface area contributed by atoms with Crippen molar-refractivity contribution in [3.8, 4) is 18.1 Å². The number of aliphatic carboxylic acids is 1. The summed E-state index contributed by atoms with van der Waals surface area (Å²) in [4.78, 5) is 25.3. The van der Waals surface area contributed by atoms with Gasteiger partial charge < -0.3 is 19.2 Å². The molecular weight excluding hydrogens is 305 g/mol. The van der Waals surface area contributed by atoms with Crippen LogP contribution in [-0.4, -0.2) is 40.6 Å². The van der Waals surface area contributed by atoms with Gasteiger partial charge in [-0.15, -0.1) is 6.42 Å². The zero-order chi connectivity index (χ0) is 16.8. The molecule has 0 spiro atoms. The fraction of sp³-hybridized carbons (Fsp3) is 0.250. The smallest absolute Gasteiger partial charge is 0.332 e. The second-order valence-corrected chi connectivity index (χ2v) is 5.36. The number of benzene rings is 1. The van der Waals surface area contributed by atoms with Crippen molar-refractivity contribution in [1.29, 1.82) is 0 Å². The highest BCUT2D eigenvalue weighted by molar-refractivity contribution is 6.04. The van der Waals surface area contributed by atoms with Gasteiger partial charge in [0.15, 0.2) is 11.3 Å². The van der Waals surface area contributed by atoms with Crippen molar-refractivity contribution in [3.05, 3.63) is 29.8 Å². The number of halogens is 1. The van der Waals surface area contributed by atoms with Gasteiger partial charge >= 0.3 is 5.97 Å². The molecule has 1 aromatic heterocycles. The highest BCUT2D eigenvalue weighted by Gasteiger charge is 2.47. The summed E-state index contributed by atoms with van der Waals surface area (Å²) in [7, 11) is 0. The van der Waals surface area contributed by atoms with E-state index < -0.39 is 23.2 Å². The number of nitrogens with zero attached hydrogens (tertiary/aromatic N) is 1. The standard InChI is InChI=1S/C16H12FNO5/c1-3-6-18-14(19)13-12(22-8-16(18,2)15(20)21)10-7-9(17)4-5-11(10)23-13/h1,4-5,7H,6,8H2,2H3,(H,20,21)/t16-/m1/s1. The van der Waals surface area contributed by atoms with Crippen LogP contribution in [0, 0.1) is 18.2 Å². The van der Waals surface area contributed by atoms with Crippen molar-refractivity contribution in [2.24, 2.45) is 0 Å². The number of terminal acetylenes is 1. The molecule has 0 aliphatic carbocycles. The van der Waals surface area contributed by atoms with Crippen LogP contribution in [0.4, 0.5) is 4.39 Å². The van der Waals surface area contributed by atoms with Crippen LogP contribution in [0.25, 0.3) is 11.0 Å². The minimum atomic E-state index is -1.66. The molecule has 6 nitrogen and oxygen atoms in total. The number of hydrogen-bond acceptors (Lipinski definition) is 4. The summed E-state index contributed by atoms with van der Waals surface area (Å²) in [5.74, 6) is -0.399. The number of carbonyl (C=O) groups excluding carboxylic acids is 1. The lowest BCUT2D eigenvalue weighted by molar-refractivity contribution is -0.150. The third kappa shape index (κ3) is 2.11. The summed E-state index contributed by atoms with van der Waals surface area (Å²) in [6.07, 6.45) is 5.25. The molecule has 1 aliphatic rings. The number of rotatable bonds is 2. The average molecular weight is 317 g/mol. The maximum atomic E-state index is 13.4. The maximum absolute atomic E-state index is 13.4. The number of fused-ring (bicyclic) bond motifs is 3. The predicted octanol–water partition coefficient (Wildman–Crippen LogP) is 1.88. The Labute approximate surface area is 130 Å². The largest absolute Gasteiger partial charge is 0.486 e. The van der Waals surface area contributed by atoms with Crippen molar-refractivity contribution in [2.75, 3.05) is 13.2 Å². The lowest BCUT2D eigenvalue weighted by atomic mass is 10.0. The minimum Gasteiger partial charge on any atom is -0.486 e. The second kappa shape index (κ2) is 5.02. The average Bonchev–Trinajstić information content (AvgIpc) is 2.82. The van der Waals surface area contributed by atoms with Gasteiger partial charge in [-0.25, -0.2) is 9.18 Å². The van der Waals surface area contributed by atoms with E-state index in [0.717, 1.165) is 4.90 Å². The third-order valence-electron chi connectivity index (χ3n) is 3.85. The van der Waals surface area contributed by atoms with E-state index >= 15 is 0 Å². The normalized spacial score (nSPS) is 20.6. The molecule has 0 saturated carbocycles. The Morgan fingerprint density at radius 1 is 1.57 bits per heavy atom. The molecule has 2 heterocycles. The number of carbonyl (C=O) groups is 2. The van der Waals surface area contributed by atoms with Gasteiger partial charge in [0, 0.05) is 0 Å². The molecule has 1 aromatic carbocycles. The van der Waals surface area contributed by atoms with Crippen LogP contribution in [0.2, 0.25) is 0 Å². The van der Waals surface area contributed by atoms with Gasteiger partial charge in [-0.3, -0.25) is 4.79 Å². The van der Waals surface area contributed by atoms with E-state index in [9.17, 15) is 19.1 Å². The molecular formula is C16H12FNO5. The quantitative estimate of drug-likeness (QED) is 0.856. The van der Waals surface area contributed by atoms with Crippen LogP contribution >= 0.6 is 0 Å². The number of furan rings is 1. The minimum absolute atomic E-state index is 0.0245. The SMILES string of the molecule is C#CCN1C(=O)c2oc3ccc(F)cc3c2OC[C@]1(C)C(=O)O. The van der Waals surface area contributed by atoms with Gasteiger partial charge in [0.1, 0.15) is 18.0 Å². The van der Waals surface area contributed by atoms with Crippen molar-refractivity contribution >= 4 is 22.8 Å². The molecule has 1 aliphatic heterocycles. The molecule has 3 rings (SSSR count). The second-order valence-electron chi connectivity index (χ2n) is 5.36. The van der Waals surface area contributed by atoms with Crippen LogP contribution in [0.1, 0.15) is 17.5 Å². The molecule has 0 bridgehead atoms. The van der Waals surface area contributed by atoms with Crippen molar-refractivity contribution in [1.82, 2.24) is 4.90 Å². The molecule has 1 atom stereocenters. The van der Waals surface area contributed by atoms with Crippen molar-refractivity contribution in [2.45, 2.75) is 12.5 Å². The Kier molecular flexibility index (Phi) is 3.25. The number of hydrogen-bond donors (Lipinski definition) is 1. The van der Waals surface area contributed by atoms with E-state index in [4.69, 9.17) is 15.6 Å². The lowest BCUT2D eigenvalue weighted by Gasteiger charge is -2.33. The van der Waals surface area contributed by atoms with E-state index in [2.05, 4.69) is 5.92 Å². The molecule has 1 amide bonds. The third-order valence-corrected chi connectivity index (χ3v) is 3.85. The zero-order valence-electron chi connectivity index (χ0n) is 12.1. The first-order valence-corrected chi connectivity index (χ1v) is 6.72. The van der Waals surface area contributed by atoms with Crippen molar-refractivity contribution in [3.63, 3.8) is 0 Å². The Morgan fingerprint density at radius 2 is 2.30 bits per heavy atom. The van der Waals surface area contributed by atoms with Gasteiger partial charge in [-0.1, -0.05) is 5.92 Å². The van der Waals surface area contributed by atoms with E-state index in [-0.39, 0.29) is 35.6 Å². The van der Waals surface area contributed by atoms with Gasteiger partial charge in [-0.05, 0) is 25.1 Å². The van der Waals surface area contributed by atoms with Crippen LogP contribution in [0.15, 0.2) is 22.6 Å². The molecule has 0 radical (unpaired) electrons. The predicted molar refractivity (Wildman–Crippen MR) is 77.6 cm³/mol. The highest BCUT2D eigenvalue weighted by Crippen LogP contribution is 2.38. The number of amides is 1. The molecule has 118 valence electrons. The van der Waals surface area contributed by atoms with Gasteiger partial charge in [0.25, 0.3) is 5.91 Å². The first-order chi connectivity index (χ1) is 10.9. The Morgan fingerprint density at radius 3 is 2.96 bits per heavy atom. The van der Waals surface area contributed by atoms with Gasteiger partial charge in [0.2, 0.25) is 5.76 Å². The topological polar surface area (TPSA) is 80.0 Å². The summed E-state index contributed by atoms with van der Waals surface area (Å²) in [5, 5.41) is 9.75. The molecule has 0 unspecified atom stereocenters. The number of ether oxygens (including phenoxy) is 1. The Hall–Kier alpha value is -3.01. The lowest BCUT2D eigenvalue weighted by Crippen LogP contribution is -2.57. The van der Waals surface area contributed by atoms with E-state index in [1.807, 2.05) is 0 Å². The summed E-state index contributed by atoms with van der Waals surface area (Å²) in [5.41, 5.74) is -1.39. The molecule has 23 heavy (non-hydrogen) atoms. The Bertz CT molecular complexity index is 865. The van der Waals surface area contributed by atoms with E-state index in [1.165, 1.54) is 25.1 Å².